The molecule has 0 bridgehead atoms. The van der Waals surface area contributed by atoms with Gasteiger partial charge < -0.3 is 9.30 Å². The van der Waals surface area contributed by atoms with Crippen molar-refractivity contribution < 1.29 is 9.53 Å². The number of esters is 1. The van der Waals surface area contributed by atoms with Crippen LogP contribution < -0.4 is 5.56 Å². The number of methoxy groups -OCH3 is 1. The van der Waals surface area contributed by atoms with Crippen LogP contribution in [0.2, 0.25) is 0 Å². The summed E-state index contributed by atoms with van der Waals surface area (Å²) in [5.74, 6) is -0.511. The molecule has 0 atom stereocenters. The third-order valence-electron chi connectivity index (χ3n) is 3.69. The zero-order valence-electron chi connectivity index (χ0n) is 13.2. The summed E-state index contributed by atoms with van der Waals surface area (Å²) in [7, 11) is 1.31. The topological polar surface area (TPSA) is 66.1 Å². The Morgan fingerprint density at radius 1 is 1.17 bits per heavy atom. The van der Waals surface area contributed by atoms with Crippen LogP contribution in [0, 0.1) is 0 Å². The molecule has 118 valence electrons. The molecule has 1 aromatic carbocycles. The Balaban J connectivity index is 2.32. The summed E-state index contributed by atoms with van der Waals surface area (Å²) < 4.78 is 7.95. The van der Waals surface area contributed by atoms with Gasteiger partial charge in [0.1, 0.15) is 11.3 Å². The average Bonchev–Trinajstić information content (AvgIpc) is 2.91. The predicted octanol–water partition coefficient (Wildman–Crippen LogP) is 2.51. The summed E-state index contributed by atoms with van der Waals surface area (Å²) in [6.45, 7) is 3.94. The number of benzene rings is 1. The van der Waals surface area contributed by atoms with E-state index in [1.165, 1.54) is 11.8 Å². The van der Waals surface area contributed by atoms with Crippen molar-refractivity contribution in [3.63, 3.8) is 0 Å². The molecule has 0 radical (unpaired) electrons. The lowest BCUT2D eigenvalue weighted by Crippen LogP contribution is -2.16. The van der Waals surface area contributed by atoms with Crippen LogP contribution in [0.4, 0.5) is 0 Å². The minimum Gasteiger partial charge on any atom is -0.465 e. The van der Waals surface area contributed by atoms with Crippen molar-refractivity contribution in [3.8, 4) is 16.9 Å². The normalized spacial score (nSPS) is 11.1. The maximum atomic E-state index is 12.7. The number of hydrogen-bond acceptors (Lipinski definition) is 4. The number of ether oxygens (including phenoxy) is 1. The molecule has 0 aromatic heterocycles. The van der Waals surface area contributed by atoms with E-state index in [1.807, 2.05) is 36.6 Å². The van der Waals surface area contributed by atoms with Crippen molar-refractivity contribution in [1.82, 2.24) is 14.3 Å². The highest BCUT2D eigenvalue weighted by molar-refractivity contribution is 5.96. The minimum atomic E-state index is -0.511. The van der Waals surface area contributed by atoms with Gasteiger partial charge >= 0.3 is 5.97 Å². The van der Waals surface area contributed by atoms with Gasteiger partial charge in [-0.1, -0.05) is 18.2 Å². The number of para-hydroxylation sites is 1. The number of rotatable bonds is 3. The van der Waals surface area contributed by atoms with E-state index in [2.05, 4.69) is 5.10 Å². The Bertz CT molecular complexity index is 878. The monoisotopic (exact) mass is 311 g/mol. The van der Waals surface area contributed by atoms with Crippen molar-refractivity contribution in [1.29, 1.82) is 0 Å². The summed E-state index contributed by atoms with van der Waals surface area (Å²) in [5.41, 5.74) is 1.42. The highest BCUT2D eigenvalue weighted by atomic mass is 16.5. The number of pyridine rings is 1. The molecule has 0 saturated carbocycles. The van der Waals surface area contributed by atoms with E-state index in [4.69, 9.17) is 4.74 Å². The fourth-order valence-electron chi connectivity index (χ4n) is 2.43. The second-order valence-electron chi connectivity index (χ2n) is 5.52. The quantitative estimate of drug-likeness (QED) is 0.697. The average molecular weight is 311 g/mol. The van der Waals surface area contributed by atoms with E-state index in [0.29, 0.717) is 16.9 Å². The summed E-state index contributed by atoms with van der Waals surface area (Å²) in [4.78, 5) is 24.8. The zero-order chi connectivity index (χ0) is 16.6. The van der Waals surface area contributed by atoms with Crippen LogP contribution in [0.1, 0.15) is 30.2 Å². The molecule has 0 fully saturated rings. The fraction of sp³-hybridized carbons (Fsp3) is 0.235. The molecular weight excluding hydrogens is 294 g/mol. The Morgan fingerprint density at radius 3 is 2.48 bits per heavy atom. The van der Waals surface area contributed by atoms with Crippen LogP contribution >= 0.6 is 0 Å². The standard InChI is InChI=1S/C17H17N3O3/c1-11(2)19-9-13-15(14(10-19)17(22)23-3)18-20(16(13)21)12-7-5-4-6-8-12/h4-11H,1-3H3. The van der Waals surface area contributed by atoms with E-state index in [-0.39, 0.29) is 17.2 Å². The maximum absolute atomic E-state index is 12.7. The van der Waals surface area contributed by atoms with Gasteiger partial charge in [-0.3, -0.25) is 4.79 Å². The molecule has 0 spiro atoms. The number of nitrogens with zero attached hydrogens (tertiary/aromatic N) is 3. The second-order valence-corrected chi connectivity index (χ2v) is 5.52. The molecule has 0 saturated heterocycles. The van der Waals surface area contributed by atoms with Gasteiger partial charge in [0.2, 0.25) is 0 Å². The number of carbonyl (C=O) groups excluding carboxylic acids is 1. The van der Waals surface area contributed by atoms with Crippen molar-refractivity contribution in [2.45, 2.75) is 19.9 Å². The molecule has 23 heavy (non-hydrogen) atoms. The minimum absolute atomic E-state index is 0.0993. The first kappa shape index (κ1) is 15.0. The molecule has 6 nitrogen and oxygen atoms in total. The lowest BCUT2D eigenvalue weighted by molar-refractivity contribution is 0.0600. The van der Waals surface area contributed by atoms with Crippen LogP contribution in [-0.4, -0.2) is 27.4 Å². The Labute approximate surface area is 133 Å². The lowest BCUT2D eigenvalue weighted by Gasteiger charge is -2.14. The van der Waals surface area contributed by atoms with Crippen molar-refractivity contribution >= 4 is 5.97 Å². The Morgan fingerprint density at radius 2 is 1.87 bits per heavy atom. The number of carbonyl (C=O) groups is 1. The smallest absolute Gasteiger partial charge is 0.341 e. The SMILES string of the molecule is COC(=O)c1cn(C(C)C)cc2c(=O)n(-c3ccccc3)nc1-2. The number of hydrogen-bond donors (Lipinski definition) is 0. The van der Waals surface area contributed by atoms with Crippen LogP contribution in [0.5, 0.6) is 0 Å². The zero-order valence-corrected chi connectivity index (χ0v) is 13.2. The van der Waals surface area contributed by atoms with Gasteiger partial charge in [-0.05, 0) is 26.0 Å². The van der Waals surface area contributed by atoms with Gasteiger partial charge in [0.05, 0.1) is 18.4 Å². The first-order valence-electron chi connectivity index (χ1n) is 7.31. The van der Waals surface area contributed by atoms with E-state index >= 15 is 0 Å². The number of fused-ring (bicyclic) bond motifs is 1. The Kier molecular flexibility index (Phi) is 3.73. The van der Waals surface area contributed by atoms with Crippen LogP contribution in [0.15, 0.2) is 47.5 Å². The van der Waals surface area contributed by atoms with E-state index in [1.54, 1.807) is 24.5 Å². The van der Waals surface area contributed by atoms with Gasteiger partial charge in [0, 0.05) is 18.4 Å². The van der Waals surface area contributed by atoms with Gasteiger partial charge in [0.15, 0.2) is 0 Å². The van der Waals surface area contributed by atoms with Gasteiger partial charge in [-0.15, -0.1) is 0 Å². The van der Waals surface area contributed by atoms with E-state index < -0.39 is 5.97 Å². The van der Waals surface area contributed by atoms with Crippen LogP contribution in [0.25, 0.3) is 16.9 Å². The van der Waals surface area contributed by atoms with Crippen LogP contribution in [0.3, 0.4) is 0 Å². The first-order valence-corrected chi connectivity index (χ1v) is 7.31. The third kappa shape index (κ3) is 2.52. The number of aromatic nitrogens is 3. The van der Waals surface area contributed by atoms with Crippen molar-refractivity contribution in [2.75, 3.05) is 7.11 Å². The van der Waals surface area contributed by atoms with Crippen molar-refractivity contribution in [3.05, 3.63) is 58.6 Å². The first-order chi connectivity index (χ1) is 11.0. The van der Waals surface area contributed by atoms with Gasteiger partial charge in [-0.25, -0.2) is 4.79 Å². The summed E-state index contributed by atoms with van der Waals surface area (Å²) in [6.07, 6.45) is 3.39. The lowest BCUT2D eigenvalue weighted by atomic mass is 10.1. The summed E-state index contributed by atoms with van der Waals surface area (Å²) in [6, 6.07) is 9.21. The molecule has 2 heterocycles. The third-order valence-corrected chi connectivity index (χ3v) is 3.69. The molecule has 0 aliphatic carbocycles. The molecule has 2 aliphatic heterocycles. The second kappa shape index (κ2) is 5.72. The predicted molar refractivity (Wildman–Crippen MR) is 86.2 cm³/mol. The molecule has 2 aliphatic rings. The molecule has 0 N–H and O–H groups in total. The molecule has 6 heteroatoms. The van der Waals surface area contributed by atoms with Crippen LogP contribution in [-0.2, 0) is 4.74 Å². The molecule has 0 amide bonds. The van der Waals surface area contributed by atoms with E-state index in [0.717, 1.165) is 0 Å². The van der Waals surface area contributed by atoms with Crippen molar-refractivity contribution in [2.24, 2.45) is 0 Å². The molecule has 1 aromatic rings. The fourth-order valence-corrected chi connectivity index (χ4v) is 2.43. The largest absolute Gasteiger partial charge is 0.465 e. The Hall–Kier alpha value is -2.89. The van der Waals surface area contributed by atoms with Gasteiger partial charge in [0.25, 0.3) is 5.56 Å². The summed E-state index contributed by atoms with van der Waals surface area (Å²) >= 11 is 0. The molecule has 0 unspecified atom stereocenters. The highest BCUT2D eigenvalue weighted by Crippen LogP contribution is 2.24. The molecule has 3 rings (SSSR count). The molecular formula is C17H17N3O3. The summed E-state index contributed by atoms with van der Waals surface area (Å²) in [5, 5.41) is 4.34. The van der Waals surface area contributed by atoms with Gasteiger partial charge in [-0.2, -0.15) is 9.78 Å². The maximum Gasteiger partial charge on any atom is 0.341 e. The van der Waals surface area contributed by atoms with E-state index in [9.17, 15) is 9.59 Å². The highest BCUT2D eigenvalue weighted by Gasteiger charge is 2.25.